The van der Waals surface area contributed by atoms with E-state index < -0.39 is 11.8 Å². The molecule has 0 spiro atoms. The summed E-state index contributed by atoms with van der Waals surface area (Å²) in [6.45, 7) is 2.06. The van der Waals surface area contributed by atoms with E-state index in [0.29, 0.717) is 17.1 Å². The molecule has 0 aliphatic heterocycles. The fourth-order valence-corrected chi connectivity index (χ4v) is 1.88. The molecule has 5 heteroatoms. The van der Waals surface area contributed by atoms with Crippen LogP contribution in [0.25, 0.3) is 0 Å². The van der Waals surface area contributed by atoms with Gasteiger partial charge in [-0.1, -0.05) is 12.1 Å². The Hall–Kier alpha value is -2.56. The highest BCUT2D eigenvalue weighted by Gasteiger charge is 2.11. The number of carboxylic acid groups (broad SMARTS) is 1. The van der Waals surface area contributed by atoms with Gasteiger partial charge in [-0.25, -0.2) is 9.18 Å². The lowest BCUT2D eigenvalue weighted by Crippen LogP contribution is -2.03. The molecule has 0 aliphatic rings. The Kier molecular flexibility index (Phi) is 4.42. The van der Waals surface area contributed by atoms with Gasteiger partial charge in [-0.05, 0) is 42.3 Å². The highest BCUT2D eigenvalue weighted by atomic mass is 19.1. The average Bonchev–Trinajstić information content (AvgIpc) is 2.45. The third-order valence-electron chi connectivity index (χ3n) is 2.98. The zero-order valence-corrected chi connectivity index (χ0v) is 11.7. The van der Waals surface area contributed by atoms with Gasteiger partial charge in [0.05, 0.1) is 12.7 Å². The molecule has 2 aromatic rings. The zero-order valence-electron chi connectivity index (χ0n) is 11.7. The Morgan fingerprint density at radius 3 is 2.57 bits per heavy atom. The minimum absolute atomic E-state index is 0.121. The molecule has 1 N–H and O–H groups in total. The molecule has 0 saturated carbocycles. The molecule has 110 valence electrons. The number of carbonyl (C=O) groups is 1. The van der Waals surface area contributed by atoms with Gasteiger partial charge in [-0.2, -0.15) is 0 Å². The monoisotopic (exact) mass is 290 g/mol. The summed E-state index contributed by atoms with van der Waals surface area (Å²) in [6, 6.07) is 9.39. The van der Waals surface area contributed by atoms with Crippen molar-refractivity contribution in [3.05, 3.63) is 58.9 Å². The van der Waals surface area contributed by atoms with Gasteiger partial charge in [0.25, 0.3) is 0 Å². The predicted octanol–water partition coefficient (Wildman–Crippen LogP) is 3.42. The number of benzene rings is 2. The first-order valence-electron chi connectivity index (χ1n) is 6.30. The van der Waals surface area contributed by atoms with Gasteiger partial charge < -0.3 is 14.6 Å². The van der Waals surface area contributed by atoms with E-state index in [1.807, 2.05) is 19.1 Å². The van der Waals surface area contributed by atoms with Gasteiger partial charge in [0.2, 0.25) is 0 Å². The van der Waals surface area contributed by atoms with Crippen LogP contribution in [0.1, 0.15) is 21.5 Å². The van der Waals surface area contributed by atoms with E-state index in [9.17, 15) is 9.18 Å². The minimum atomic E-state index is -1.29. The van der Waals surface area contributed by atoms with E-state index >= 15 is 0 Å². The van der Waals surface area contributed by atoms with Crippen LogP contribution in [0.15, 0.2) is 36.4 Å². The molecule has 0 fully saturated rings. The number of hydrogen-bond acceptors (Lipinski definition) is 3. The number of ether oxygens (including phenoxy) is 2. The molecule has 4 nitrogen and oxygen atoms in total. The third kappa shape index (κ3) is 3.51. The third-order valence-corrected chi connectivity index (χ3v) is 2.98. The SMILES string of the molecule is COc1cc(C)ccc1OCc1ccc(C(=O)O)c(F)c1. The molecule has 2 rings (SSSR count). The van der Waals surface area contributed by atoms with Crippen LogP contribution in [0.5, 0.6) is 11.5 Å². The van der Waals surface area contributed by atoms with Crippen molar-refractivity contribution in [3.8, 4) is 11.5 Å². The van der Waals surface area contributed by atoms with Crippen LogP contribution in [-0.4, -0.2) is 18.2 Å². The van der Waals surface area contributed by atoms with Crippen LogP contribution >= 0.6 is 0 Å². The zero-order chi connectivity index (χ0) is 15.4. The van der Waals surface area contributed by atoms with Crippen molar-refractivity contribution >= 4 is 5.97 Å². The van der Waals surface area contributed by atoms with Crippen molar-refractivity contribution in [1.29, 1.82) is 0 Å². The Balaban J connectivity index is 2.13. The van der Waals surface area contributed by atoms with Crippen molar-refractivity contribution in [3.63, 3.8) is 0 Å². The van der Waals surface area contributed by atoms with Gasteiger partial charge in [0, 0.05) is 0 Å². The molecule has 0 radical (unpaired) electrons. The number of methoxy groups -OCH3 is 1. The van der Waals surface area contributed by atoms with Crippen molar-refractivity contribution in [1.82, 2.24) is 0 Å². The van der Waals surface area contributed by atoms with Gasteiger partial charge in [0.15, 0.2) is 11.5 Å². The Bertz CT molecular complexity index is 667. The Labute approximate surface area is 121 Å². The summed E-state index contributed by atoms with van der Waals surface area (Å²) in [5.74, 6) is -0.928. The van der Waals surface area contributed by atoms with Gasteiger partial charge in [0.1, 0.15) is 12.4 Å². The second-order valence-electron chi connectivity index (χ2n) is 4.56. The van der Waals surface area contributed by atoms with E-state index in [4.69, 9.17) is 14.6 Å². The van der Waals surface area contributed by atoms with Crippen LogP contribution in [0.4, 0.5) is 4.39 Å². The maximum atomic E-state index is 13.6. The highest BCUT2D eigenvalue weighted by molar-refractivity contribution is 5.87. The summed E-state index contributed by atoms with van der Waals surface area (Å²) in [5.41, 5.74) is 1.22. The molecule has 2 aromatic carbocycles. The first-order chi connectivity index (χ1) is 10.0. The normalized spacial score (nSPS) is 10.2. The number of halogens is 1. The maximum Gasteiger partial charge on any atom is 0.338 e. The Morgan fingerprint density at radius 1 is 1.19 bits per heavy atom. The van der Waals surface area contributed by atoms with Crippen molar-refractivity contribution in [2.75, 3.05) is 7.11 Å². The van der Waals surface area contributed by atoms with Crippen LogP contribution in [0.3, 0.4) is 0 Å². The number of rotatable bonds is 5. The second kappa shape index (κ2) is 6.26. The van der Waals surface area contributed by atoms with Gasteiger partial charge in [-0.3, -0.25) is 0 Å². The number of hydrogen-bond donors (Lipinski definition) is 1. The van der Waals surface area contributed by atoms with Crippen LogP contribution in [-0.2, 0) is 6.61 Å². The smallest absolute Gasteiger partial charge is 0.338 e. The molecule has 0 bridgehead atoms. The number of carboxylic acids is 1. The minimum Gasteiger partial charge on any atom is -0.493 e. The quantitative estimate of drug-likeness (QED) is 0.916. The molecule has 0 unspecified atom stereocenters. The van der Waals surface area contributed by atoms with Crippen LogP contribution in [0, 0.1) is 12.7 Å². The van der Waals surface area contributed by atoms with Gasteiger partial charge in [-0.15, -0.1) is 0 Å². The fourth-order valence-electron chi connectivity index (χ4n) is 1.88. The Morgan fingerprint density at radius 2 is 1.95 bits per heavy atom. The highest BCUT2D eigenvalue weighted by Crippen LogP contribution is 2.28. The van der Waals surface area contributed by atoms with Crippen LogP contribution < -0.4 is 9.47 Å². The largest absolute Gasteiger partial charge is 0.493 e. The second-order valence-corrected chi connectivity index (χ2v) is 4.56. The maximum absolute atomic E-state index is 13.6. The van der Waals surface area contributed by atoms with E-state index in [1.165, 1.54) is 12.1 Å². The molecule has 0 aromatic heterocycles. The lowest BCUT2D eigenvalue weighted by Gasteiger charge is -2.11. The first-order valence-corrected chi connectivity index (χ1v) is 6.30. The molecule has 0 atom stereocenters. The lowest BCUT2D eigenvalue weighted by molar-refractivity contribution is 0.0692. The van der Waals surface area contributed by atoms with Crippen molar-refractivity contribution < 1.29 is 23.8 Å². The average molecular weight is 290 g/mol. The summed E-state index contributed by atoms with van der Waals surface area (Å²) in [7, 11) is 1.54. The molecule has 0 aliphatic carbocycles. The molecule has 21 heavy (non-hydrogen) atoms. The lowest BCUT2D eigenvalue weighted by atomic mass is 10.1. The molecule has 0 heterocycles. The summed E-state index contributed by atoms with van der Waals surface area (Å²) in [5, 5.41) is 8.77. The van der Waals surface area contributed by atoms with E-state index in [2.05, 4.69) is 0 Å². The molecular formula is C16H15FO4. The standard InChI is InChI=1S/C16H15FO4/c1-10-3-6-14(15(7-10)20-2)21-9-11-4-5-12(16(18)19)13(17)8-11/h3-8H,9H2,1-2H3,(H,18,19). The fraction of sp³-hybridized carbons (Fsp3) is 0.188. The van der Waals surface area contributed by atoms with Crippen molar-refractivity contribution in [2.45, 2.75) is 13.5 Å². The summed E-state index contributed by atoms with van der Waals surface area (Å²) in [4.78, 5) is 10.7. The topological polar surface area (TPSA) is 55.8 Å². The molecular weight excluding hydrogens is 275 g/mol. The van der Waals surface area contributed by atoms with Crippen molar-refractivity contribution in [2.24, 2.45) is 0 Å². The van der Waals surface area contributed by atoms with Crippen LogP contribution in [0.2, 0.25) is 0 Å². The van der Waals surface area contributed by atoms with E-state index in [-0.39, 0.29) is 12.2 Å². The van der Waals surface area contributed by atoms with E-state index in [1.54, 1.807) is 13.2 Å². The van der Waals surface area contributed by atoms with E-state index in [0.717, 1.165) is 11.6 Å². The summed E-state index contributed by atoms with van der Waals surface area (Å²) < 4.78 is 24.4. The summed E-state index contributed by atoms with van der Waals surface area (Å²) >= 11 is 0. The number of aromatic carboxylic acids is 1. The molecule has 0 amide bonds. The number of aryl methyl sites for hydroxylation is 1. The predicted molar refractivity (Wildman–Crippen MR) is 75.4 cm³/mol. The van der Waals surface area contributed by atoms with Gasteiger partial charge >= 0.3 is 5.97 Å². The first kappa shape index (κ1) is 14.8. The summed E-state index contributed by atoms with van der Waals surface area (Å²) in [6.07, 6.45) is 0. The molecule has 0 saturated heterocycles.